The van der Waals surface area contributed by atoms with E-state index in [0.29, 0.717) is 12.6 Å². The third-order valence-electron chi connectivity index (χ3n) is 6.54. The maximum atomic E-state index is 12.9. The van der Waals surface area contributed by atoms with Crippen molar-refractivity contribution in [2.45, 2.75) is 57.4 Å². The normalized spacial score (nSPS) is 21.6. The van der Waals surface area contributed by atoms with Gasteiger partial charge in [0.1, 0.15) is 0 Å². The zero-order valence-electron chi connectivity index (χ0n) is 17.4. The largest absolute Gasteiger partial charge is 0.365 e. The lowest BCUT2D eigenvalue weighted by molar-refractivity contribution is -0.125. The number of hydrogen-bond donors (Lipinski definition) is 1. The summed E-state index contributed by atoms with van der Waals surface area (Å²) in [5, 5.41) is 2.99. The number of likely N-dealkylation sites (tertiary alicyclic amines) is 1. The smallest absolute Gasteiger partial charge is 0.227 e. The molecule has 0 aromatic heterocycles. The number of rotatable bonds is 7. The van der Waals surface area contributed by atoms with Crippen molar-refractivity contribution < 1.29 is 9.59 Å². The highest BCUT2D eigenvalue weighted by atomic mass is 16.2. The van der Waals surface area contributed by atoms with E-state index in [1.807, 2.05) is 23.1 Å². The zero-order chi connectivity index (χ0) is 20.1. The molecule has 158 valence electrons. The van der Waals surface area contributed by atoms with Gasteiger partial charge in [-0.1, -0.05) is 18.6 Å². The number of piperidine rings is 1. The maximum Gasteiger partial charge on any atom is 0.227 e. The van der Waals surface area contributed by atoms with Crippen LogP contribution in [0.25, 0.3) is 0 Å². The van der Waals surface area contributed by atoms with Crippen molar-refractivity contribution in [3.63, 3.8) is 0 Å². The fraction of sp³-hybridized carbons (Fsp3) is 0.652. The molecule has 0 aliphatic carbocycles. The first-order valence-corrected chi connectivity index (χ1v) is 11.4. The van der Waals surface area contributed by atoms with Crippen LogP contribution in [0.2, 0.25) is 0 Å². The molecule has 0 saturated carbocycles. The highest BCUT2D eigenvalue weighted by Gasteiger charge is 2.35. The second kappa shape index (κ2) is 9.61. The Morgan fingerprint density at radius 1 is 0.966 bits per heavy atom. The molecule has 1 N–H and O–H groups in total. The first kappa shape index (κ1) is 20.2. The lowest BCUT2D eigenvalue weighted by atomic mass is 10.1. The molecule has 6 heteroatoms. The van der Waals surface area contributed by atoms with Gasteiger partial charge in [-0.25, -0.2) is 0 Å². The van der Waals surface area contributed by atoms with Crippen molar-refractivity contribution in [2.24, 2.45) is 0 Å². The zero-order valence-corrected chi connectivity index (χ0v) is 17.4. The Kier molecular flexibility index (Phi) is 6.70. The van der Waals surface area contributed by atoms with Crippen molar-refractivity contribution >= 4 is 23.2 Å². The van der Waals surface area contributed by atoms with Gasteiger partial charge in [0.05, 0.1) is 11.4 Å². The highest BCUT2D eigenvalue weighted by molar-refractivity contribution is 5.99. The van der Waals surface area contributed by atoms with E-state index >= 15 is 0 Å². The number of anilines is 2. The Morgan fingerprint density at radius 2 is 1.76 bits per heavy atom. The fourth-order valence-electron chi connectivity index (χ4n) is 4.98. The Morgan fingerprint density at radius 3 is 2.59 bits per heavy atom. The quantitative estimate of drug-likeness (QED) is 0.718. The van der Waals surface area contributed by atoms with Crippen LogP contribution in [0.4, 0.5) is 11.4 Å². The van der Waals surface area contributed by atoms with Gasteiger partial charge in [-0.05, 0) is 63.9 Å². The molecule has 2 saturated heterocycles. The van der Waals surface area contributed by atoms with E-state index in [1.165, 1.54) is 38.8 Å². The number of amides is 2. The van der Waals surface area contributed by atoms with E-state index in [9.17, 15) is 9.59 Å². The monoisotopic (exact) mass is 398 g/mol. The minimum atomic E-state index is -0.00946. The van der Waals surface area contributed by atoms with Gasteiger partial charge in [0, 0.05) is 38.5 Å². The molecule has 3 aliphatic heterocycles. The Bertz CT molecular complexity index is 717. The summed E-state index contributed by atoms with van der Waals surface area (Å²) in [4.78, 5) is 31.9. The van der Waals surface area contributed by atoms with Gasteiger partial charge in [-0.15, -0.1) is 0 Å². The predicted molar refractivity (Wildman–Crippen MR) is 116 cm³/mol. The lowest BCUT2D eigenvalue weighted by Crippen LogP contribution is -2.48. The molecule has 4 rings (SSSR count). The second-order valence-corrected chi connectivity index (χ2v) is 8.59. The van der Waals surface area contributed by atoms with Crippen LogP contribution < -0.4 is 15.1 Å². The first-order valence-electron chi connectivity index (χ1n) is 11.4. The van der Waals surface area contributed by atoms with Crippen molar-refractivity contribution in [1.29, 1.82) is 0 Å². The number of benzene rings is 1. The molecule has 0 radical (unpaired) electrons. The molecular weight excluding hydrogens is 364 g/mol. The molecule has 0 bridgehead atoms. The lowest BCUT2D eigenvalue weighted by Gasteiger charge is -2.40. The van der Waals surface area contributed by atoms with Gasteiger partial charge < -0.3 is 20.0 Å². The molecule has 3 aliphatic rings. The number of para-hydroxylation sites is 2. The molecule has 3 heterocycles. The highest BCUT2D eigenvalue weighted by Crippen LogP contribution is 2.39. The summed E-state index contributed by atoms with van der Waals surface area (Å²) in [7, 11) is 0. The number of nitrogens with one attached hydrogen (secondary N) is 1. The standard InChI is InChI=1S/C23H34N4O2/c28-22(24-13-7-16-25-14-4-1-5-15-25)11-12-23(29)27-18-19-8-6-17-26(19)20-9-2-3-10-21(20)27/h2-3,9-10,19H,1,4-8,11-18H2,(H,24,28)/t19-/m0/s1. The summed E-state index contributed by atoms with van der Waals surface area (Å²) >= 11 is 0. The number of fused-ring (bicyclic) bond motifs is 3. The van der Waals surface area contributed by atoms with Gasteiger partial charge in [0.25, 0.3) is 0 Å². The Labute approximate surface area is 174 Å². The van der Waals surface area contributed by atoms with Crippen LogP contribution in [0.3, 0.4) is 0 Å². The van der Waals surface area contributed by atoms with Crippen molar-refractivity contribution in [2.75, 3.05) is 49.1 Å². The fourth-order valence-corrected chi connectivity index (χ4v) is 4.98. The van der Waals surface area contributed by atoms with Crippen LogP contribution in [-0.4, -0.2) is 62.0 Å². The molecular formula is C23H34N4O2. The predicted octanol–water partition coefficient (Wildman–Crippen LogP) is 2.77. The summed E-state index contributed by atoms with van der Waals surface area (Å²) in [6.45, 7) is 5.96. The maximum absolute atomic E-state index is 12.9. The average molecular weight is 399 g/mol. The minimum Gasteiger partial charge on any atom is -0.365 e. The first-order chi connectivity index (χ1) is 14.2. The topological polar surface area (TPSA) is 55.9 Å². The second-order valence-electron chi connectivity index (χ2n) is 8.59. The van der Waals surface area contributed by atoms with Crippen molar-refractivity contribution in [3.05, 3.63) is 24.3 Å². The summed E-state index contributed by atoms with van der Waals surface area (Å²) < 4.78 is 0. The third-order valence-corrected chi connectivity index (χ3v) is 6.54. The molecule has 29 heavy (non-hydrogen) atoms. The van der Waals surface area contributed by atoms with E-state index in [1.54, 1.807) is 0 Å². The minimum absolute atomic E-state index is 0.00946. The van der Waals surface area contributed by atoms with E-state index in [-0.39, 0.29) is 24.7 Å². The summed E-state index contributed by atoms with van der Waals surface area (Å²) in [6.07, 6.45) is 7.79. The van der Waals surface area contributed by atoms with Crippen molar-refractivity contribution in [3.8, 4) is 0 Å². The molecule has 0 unspecified atom stereocenters. The van der Waals surface area contributed by atoms with E-state index < -0.39 is 0 Å². The van der Waals surface area contributed by atoms with Gasteiger partial charge in [-0.2, -0.15) is 0 Å². The van der Waals surface area contributed by atoms with E-state index in [2.05, 4.69) is 21.2 Å². The molecule has 1 aromatic carbocycles. The molecule has 0 spiro atoms. The van der Waals surface area contributed by atoms with Crippen molar-refractivity contribution in [1.82, 2.24) is 10.2 Å². The van der Waals surface area contributed by atoms with E-state index in [4.69, 9.17) is 0 Å². The van der Waals surface area contributed by atoms with Crippen LogP contribution in [-0.2, 0) is 9.59 Å². The van der Waals surface area contributed by atoms with Gasteiger partial charge >= 0.3 is 0 Å². The van der Waals surface area contributed by atoms with Gasteiger partial charge in [0.2, 0.25) is 11.8 Å². The molecule has 2 amide bonds. The summed E-state index contributed by atoms with van der Waals surface area (Å²) in [6, 6.07) is 8.59. The van der Waals surface area contributed by atoms with Crippen LogP contribution in [0.1, 0.15) is 51.4 Å². The van der Waals surface area contributed by atoms with Crippen LogP contribution in [0.15, 0.2) is 24.3 Å². The summed E-state index contributed by atoms with van der Waals surface area (Å²) in [5.74, 6) is 0.0530. The molecule has 6 nitrogen and oxygen atoms in total. The number of carbonyl (C=O) groups is 2. The molecule has 2 fully saturated rings. The molecule has 1 atom stereocenters. The molecule has 1 aromatic rings. The average Bonchev–Trinajstić information content (AvgIpc) is 3.24. The van der Waals surface area contributed by atoms with E-state index in [0.717, 1.165) is 43.9 Å². The SMILES string of the molecule is O=C(CCC(=O)N1C[C@@H]2CCCN2c2ccccc21)NCCCN1CCCCC1. The summed E-state index contributed by atoms with van der Waals surface area (Å²) in [5.41, 5.74) is 2.16. The van der Waals surface area contributed by atoms with Gasteiger partial charge in [-0.3, -0.25) is 9.59 Å². The number of nitrogens with zero attached hydrogens (tertiary/aromatic N) is 3. The number of hydrogen-bond acceptors (Lipinski definition) is 4. The van der Waals surface area contributed by atoms with Crippen LogP contribution in [0.5, 0.6) is 0 Å². The van der Waals surface area contributed by atoms with Crippen LogP contribution in [0, 0.1) is 0 Å². The Balaban J connectivity index is 1.22. The van der Waals surface area contributed by atoms with Gasteiger partial charge in [0.15, 0.2) is 0 Å². The van der Waals surface area contributed by atoms with Crippen LogP contribution >= 0.6 is 0 Å². The Hall–Kier alpha value is -2.08. The third kappa shape index (κ3) is 4.92. The number of carbonyl (C=O) groups excluding carboxylic acids is 2.